The van der Waals surface area contributed by atoms with Gasteiger partial charge in [-0.2, -0.15) is 0 Å². The van der Waals surface area contributed by atoms with Gasteiger partial charge in [-0.1, -0.05) is 5.21 Å². The smallest absolute Gasteiger partial charge is 0.302 e. The molecule has 0 aromatic carbocycles. The number of aromatic nitrogens is 3. The number of ether oxygens (including phenoxy) is 4. The largest absolute Gasteiger partial charge is 0.463 e. The Morgan fingerprint density at radius 3 is 2.67 bits per heavy atom. The van der Waals surface area contributed by atoms with Crippen molar-refractivity contribution in [3.63, 3.8) is 0 Å². The van der Waals surface area contributed by atoms with Crippen LogP contribution in [0.15, 0.2) is 6.20 Å². The van der Waals surface area contributed by atoms with E-state index >= 15 is 0 Å². The highest BCUT2D eigenvalue weighted by molar-refractivity contribution is 5.65. The SMILES string of the molecule is CCOCCOCc1cn(CCOCCOC(C)=O)nn1. The average molecular weight is 301 g/mol. The van der Waals surface area contributed by atoms with Crippen molar-refractivity contribution < 1.29 is 23.7 Å². The summed E-state index contributed by atoms with van der Waals surface area (Å²) in [6.45, 7) is 7.26. The molecule has 1 aromatic heterocycles. The van der Waals surface area contributed by atoms with Gasteiger partial charge in [0.2, 0.25) is 0 Å². The zero-order chi connectivity index (χ0) is 15.3. The molecule has 0 unspecified atom stereocenters. The number of carbonyl (C=O) groups excluding carboxylic acids is 1. The van der Waals surface area contributed by atoms with E-state index in [9.17, 15) is 4.79 Å². The van der Waals surface area contributed by atoms with Gasteiger partial charge in [0.15, 0.2) is 0 Å². The summed E-state index contributed by atoms with van der Waals surface area (Å²) in [4.78, 5) is 10.5. The van der Waals surface area contributed by atoms with E-state index in [1.54, 1.807) is 4.68 Å². The zero-order valence-electron chi connectivity index (χ0n) is 12.6. The quantitative estimate of drug-likeness (QED) is 0.408. The molecule has 120 valence electrons. The minimum absolute atomic E-state index is 0.269. The van der Waals surface area contributed by atoms with Gasteiger partial charge in [0.05, 0.1) is 45.8 Å². The summed E-state index contributed by atoms with van der Waals surface area (Å²) >= 11 is 0. The predicted octanol–water partition coefficient (Wildman–Crippen LogP) is 0.411. The lowest BCUT2D eigenvalue weighted by Crippen LogP contribution is -2.11. The third kappa shape index (κ3) is 9.11. The van der Waals surface area contributed by atoms with Crippen LogP contribution in [0.2, 0.25) is 0 Å². The lowest BCUT2D eigenvalue weighted by molar-refractivity contribution is -0.142. The number of rotatable bonds is 12. The Morgan fingerprint density at radius 2 is 1.90 bits per heavy atom. The van der Waals surface area contributed by atoms with Crippen molar-refractivity contribution in [3.8, 4) is 0 Å². The van der Waals surface area contributed by atoms with Gasteiger partial charge in [-0.15, -0.1) is 5.10 Å². The standard InChI is InChI=1S/C13H23N3O5/c1-3-18-6-7-20-11-13-10-16(15-14-13)4-5-19-8-9-21-12(2)17/h10H,3-9,11H2,1-2H3. The fourth-order valence-electron chi connectivity index (χ4n) is 1.46. The fourth-order valence-corrected chi connectivity index (χ4v) is 1.46. The second kappa shape index (κ2) is 11.2. The summed E-state index contributed by atoms with van der Waals surface area (Å²) < 4.78 is 22.3. The first-order valence-corrected chi connectivity index (χ1v) is 6.98. The van der Waals surface area contributed by atoms with Crippen LogP contribution in [-0.2, 0) is 36.9 Å². The van der Waals surface area contributed by atoms with Gasteiger partial charge in [-0.3, -0.25) is 4.79 Å². The minimum atomic E-state index is -0.302. The van der Waals surface area contributed by atoms with E-state index in [4.69, 9.17) is 18.9 Å². The van der Waals surface area contributed by atoms with Crippen molar-refractivity contribution >= 4 is 5.97 Å². The van der Waals surface area contributed by atoms with E-state index in [0.717, 1.165) is 5.69 Å². The van der Waals surface area contributed by atoms with Crippen molar-refractivity contribution in [1.29, 1.82) is 0 Å². The highest BCUT2D eigenvalue weighted by atomic mass is 16.6. The molecule has 0 saturated heterocycles. The molecular weight excluding hydrogens is 278 g/mol. The molecule has 1 heterocycles. The van der Waals surface area contributed by atoms with Crippen molar-refractivity contribution in [1.82, 2.24) is 15.0 Å². The van der Waals surface area contributed by atoms with Gasteiger partial charge in [0.25, 0.3) is 0 Å². The molecule has 0 amide bonds. The normalized spacial score (nSPS) is 10.8. The van der Waals surface area contributed by atoms with Gasteiger partial charge in [-0.05, 0) is 6.92 Å². The van der Waals surface area contributed by atoms with Crippen LogP contribution >= 0.6 is 0 Å². The maximum atomic E-state index is 10.5. The van der Waals surface area contributed by atoms with Gasteiger partial charge >= 0.3 is 5.97 Å². The first-order valence-electron chi connectivity index (χ1n) is 6.98. The molecule has 1 rings (SSSR count). The Hall–Kier alpha value is -1.51. The monoisotopic (exact) mass is 301 g/mol. The molecule has 21 heavy (non-hydrogen) atoms. The molecule has 0 aliphatic carbocycles. The van der Waals surface area contributed by atoms with E-state index in [2.05, 4.69) is 10.3 Å². The molecule has 0 bridgehead atoms. The van der Waals surface area contributed by atoms with Crippen molar-refractivity contribution in [2.75, 3.05) is 39.6 Å². The van der Waals surface area contributed by atoms with Crippen LogP contribution in [0, 0.1) is 0 Å². The topological polar surface area (TPSA) is 84.7 Å². The molecule has 0 saturated carbocycles. The Balaban J connectivity index is 2.04. The minimum Gasteiger partial charge on any atom is -0.463 e. The molecule has 0 radical (unpaired) electrons. The number of carbonyl (C=O) groups is 1. The lowest BCUT2D eigenvalue weighted by atomic mass is 10.5. The van der Waals surface area contributed by atoms with E-state index in [1.807, 2.05) is 13.1 Å². The molecule has 8 nitrogen and oxygen atoms in total. The summed E-state index contributed by atoms with van der Waals surface area (Å²) in [7, 11) is 0. The van der Waals surface area contributed by atoms with E-state index in [-0.39, 0.29) is 12.6 Å². The van der Waals surface area contributed by atoms with Crippen LogP contribution < -0.4 is 0 Å². The molecule has 0 spiro atoms. The van der Waals surface area contributed by atoms with E-state index < -0.39 is 0 Å². The van der Waals surface area contributed by atoms with E-state index in [0.29, 0.717) is 46.2 Å². The molecule has 0 N–H and O–H groups in total. The molecular formula is C13H23N3O5. The zero-order valence-corrected chi connectivity index (χ0v) is 12.6. The van der Waals surface area contributed by atoms with Crippen LogP contribution in [0.25, 0.3) is 0 Å². The molecule has 1 aromatic rings. The van der Waals surface area contributed by atoms with Crippen molar-refractivity contribution in [2.24, 2.45) is 0 Å². The Labute approximate surface area is 124 Å². The molecule has 0 aliphatic rings. The highest BCUT2D eigenvalue weighted by Crippen LogP contribution is 1.96. The number of esters is 1. The molecule has 8 heteroatoms. The Morgan fingerprint density at radius 1 is 1.14 bits per heavy atom. The summed E-state index contributed by atoms with van der Waals surface area (Å²) in [5, 5.41) is 7.96. The maximum absolute atomic E-state index is 10.5. The second-order valence-corrected chi connectivity index (χ2v) is 4.17. The van der Waals surface area contributed by atoms with Crippen LogP contribution in [0.3, 0.4) is 0 Å². The van der Waals surface area contributed by atoms with Crippen LogP contribution in [0.5, 0.6) is 0 Å². The lowest BCUT2D eigenvalue weighted by Gasteiger charge is -2.04. The molecule has 0 aliphatic heterocycles. The van der Waals surface area contributed by atoms with Crippen molar-refractivity contribution in [2.45, 2.75) is 27.0 Å². The summed E-state index contributed by atoms with van der Waals surface area (Å²) in [6.07, 6.45) is 1.82. The first-order chi connectivity index (χ1) is 10.2. The number of hydrogen-bond acceptors (Lipinski definition) is 7. The summed E-state index contributed by atoms with van der Waals surface area (Å²) in [5.74, 6) is -0.302. The van der Waals surface area contributed by atoms with Gasteiger partial charge < -0.3 is 18.9 Å². The van der Waals surface area contributed by atoms with Crippen LogP contribution in [0.4, 0.5) is 0 Å². The maximum Gasteiger partial charge on any atom is 0.302 e. The predicted molar refractivity (Wildman–Crippen MR) is 73.6 cm³/mol. The van der Waals surface area contributed by atoms with Crippen molar-refractivity contribution in [3.05, 3.63) is 11.9 Å². The van der Waals surface area contributed by atoms with Crippen LogP contribution in [0.1, 0.15) is 19.5 Å². The average Bonchev–Trinajstić information content (AvgIpc) is 2.90. The summed E-state index contributed by atoms with van der Waals surface area (Å²) in [6, 6.07) is 0. The van der Waals surface area contributed by atoms with Gasteiger partial charge in [-0.25, -0.2) is 4.68 Å². The first kappa shape index (κ1) is 17.5. The Bertz CT molecular complexity index is 397. The fraction of sp³-hybridized carbons (Fsp3) is 0.769. The number of hydrogen-bond donors (Lipinski definition) is 0. The third-order valence-electron chi connectivity index (χ3n) is 2.41. The molecule has 0 atom stereocenters. The number of nitrogens with zero attached hydrogens (tertiary/aromatic N) is 3. The highest BCUT2D eigenvalue weighted by Gasteiger charge is 2.01. The van der Waals surface area contributed by atoms with E-state index in [1.165, 1.54) is 6.92 Å². The molecule has 0 fully saturated rings. The Kier molecular flexibility index (Phi) is 9.34. The van der Waals surface area contributed by atoms with Crippen LogP contribution in [-0.4, -0.2) is 60.6 Å². The summed E-state index contributed by atoms with van der Waals surface area (Å²) in [5.41, 5.74) is 0.770. The van der Waals surface area contributed by atoms with Gasteiger partial charge in [0.1, 0.15) is 12.3 Å². The van der Waals surface area contributed by atoms with Gasteiger partial charge in [0, 0.05) is 13.5 Å². The third-order valence-corrected chi connectivity index (χ3v) is 2.41. The second-order valence-electron chi connectivity index (χ2n) is 4.17.